The van der Waals surface area contributed by atoms with E-state index in [9.17, 15) is 4.79 Å². The highest BCUT2D eigenvalue weighted by Crippen LogP contribution is 2.62. The molecule has 4 nitrogen and oxygen atoms in total. The fraction of sp³-hybridized carbons (Fsp3) is 0.857. The van der Waals surface area contributed by atoms with Crippen molar-refractivity contribution in [3.63, 3.8) is 0 Å². The Bertz CT molecular complexity index is 411. The molecule has 6 unspecified atom stereocenters. The minimum absolute atomic E-state index is 0.587. The van der Waals surface area contributed by atoms with Crippen LogP contribution in [-0.2, 0) is 9.53 Å². The van der Waals surface area contributed by atoms with Gasteiger partial charge in [0, 0.05) is 0 Å². The average molecular weight is 246 g/mol. The van der Waals surface area contributed by atoms with E-state index < -0.39 is 0 Å². The molecule has 0 N–H and O–H groups in total. The van der Waals surface area contributed by atoms with Gasteiger partial charge >= 0.3 is 0 Å². The summed E-state index contributed by atoms with van der Waals surface area (Å²) in [5.41, 5.74) is 0. The molecule has 0 radical (unpaired) electrons. The van der Waals surface area contributed by atoms with Gasteiger partial charge in [0.1, 0.15) is 6.61 Å². The quantitative estimate of drug-likeness (QED) is 0.433. The van der Waals surface area contributed by atoms with Gasteiger partial charge in [-0.1, -0.05) is 0 Å². The largest absolute Gasteiger partial charge is 0.427 e. The van der Waals surface area contributed by atoms with Crippen molar-refractivity contribution in [2.75, 3.05) is 13.2 Å². The lowest BCUT2D eigenvalue weighted by atomic mass is 9.73. The van der Waals surface area contributed by atoms with Gasteiger partial charge in [-0.3, -0.25) is 0 Å². The van der Waals surface area contributed by atoms with Crippen molar-refractivity contribution in [2.45, 2.75) is 25.7 Å². The second kappa shape index (κ2) is 4.74. The highest BCUT2D eigenvalue weighted by molar-refractivity contribution is 5.32. The van der Waals surface area contributed by atoms with Gasteiger partial charge in [-0.15, -0.1) is 0 Å². The summed E-state index contributed by atoms with van der Waals surface area (Å²) in [5, 5.41) is 8.50. The third-order valence-electron chi connectivity index (χ3n) is 5.54. The zero-order valence-electron chi connectivity index (χ0n) is 10.4. The maximum atomic E-state index is 10.2. The minimum Gasteiger partial charge on any atom is -0.427 e. The maximum Gasteiger partial charge on any atom is 0.286 e. The van der Waals surface area contributed by atoms with Crippen LogP contribution in [0.25, 0.3) is 0 Å². The van der Waals surface area contributed by atoms with Crippen molar-refractivity contribution >= 4 is 6.08 Å². The van der Waals surface area contributed by atoms with Crippen molar-refractivity contribution < 1.29 is 9.53 Å². The van der Waals surface area contributed by atoms with Gasteiger partial charge in [-0.05, 0) is 61.2 Å². The molecule has 0 saturated heterocycles. The van der Waals surface area contributed by atoms with Gasteiger partial charge in [0.15, 0.2) is 0 Å². The molecule has 18 heavy (non-hydrogen) atoms. The smallest absolute Gasteiger partial charge is 0.286 e. The molecule has 6 atom stereocenters. The third kappa shape index (κ3) is 1.74. The standard InChI is InChI=1S/C14H18N2O2/c15-7-18-6-11-3-10-4-13(11)12-2-1-9(14(10)12)5-16-8-17/h9-14H,1-6H2. The Hall–Kier alpha value is -1.33. The summed E-state index contributed by atoms with van der Waals surface area (Å²) in [6.45, 7) is 1.28. The van der Waals surface area contributed by atoms with Crippen LogP contribution in [0.4, 0.5) is 0 Å². The van der Waals surface area contributed by atoms with Crippen molar-refractivity contribution in [1.29, 1.82) is 5.26 Å². The van der Waals surface area contributed by atoms with Gasteiger partial charge in [-0.2, -0.15) is 5.26 Å². The van der Waals surface area contributed by atoms with Gasteiger partial charge in [0.05, 0.1) is 6.54 Å². The highest BCUT2D eigenvalue weighted by Gasteiger charge is 2.56. The lowest BCUT2D eigenvalue weighted by Gasteiger charge is -2.32. The first kappa shape index (κ1) is 11.7. The molecule has 4 heteroatoms. The zero-order valence-corrected chi connectivity index (χ0v) is 10.4. The number of nitriles is 1. The number of fused-ring (bicyclic) bond motifs is 5. The van der Waals surface area contributed by atoms with Crippen LogP contribution in [0.15, 0.2) is 4.99 Å². The van der Waals surface area contributed by atoms with E-state index in [1.807, 2.05) is 0 Å². The SMILES string of the molecule is N#COCC1CC2CC1C1CCC(CN=C=O)C21. The van der Waals surface area contributed by atoms with Crippen LogP contribution in [0.3, 0.4) is 0 Å². The summed E-state index contributed by atoms with van der Waals surface area (Å²) < 4.78 is 4.95. The molecule has 3 rings (SSSR count). The van der Waals surface area contributed by atoms with Crippen molar-refractivity contribution in [3.8, 4) is 6.26 Å². The summed E-state index contributed by atoms with van der Waals surface area (Å²) >= 11 is 0. The molecule has 3 aliphatic carbocycles. The van der Waals surface area contributed by atoms with E-state index in [1.165, 1.54) is 25.7 Å². The van der Waals surface area contributed by atoms with Gasteiger partial charge < -0.3 is 4.74 Å². The monoisotopic (exact) mass is 246 g/mol. The predicted octanol–water partition coefficient (Wildman–Crippen LogP) is 2.12. The lowest BCUT2D eigenvalue weighted by Crippen LogP contribution is -2.30. The van der Waals surface area contributed by atoms with E-state index in [2.05, 4.69) is 4.99 Å². The number of hydrogen-bond donors (Lipinski definition) is 0. The maximum absolute atomic E-state index is 10.2. The minimum atomic E-state index is 0.587. The second-order valence-corrected chi connectivity index (χ2v) is 6.07. The normalized spacial score (nSPS) is 44.2. The van der Waals surface area contributed by atoms with E-state index in [0.717, 1.165) is 23.7 Å². The van der Waals surface area contributed by atoms with Crippen LogP contribution < -0.4 is 0 Å². The first-order valence-electron chi connectivity index (χ1n) is 6.89. The second-order valence-electron chi connectivity index (χ2n) is 6.07. The lowest BCUT2D eigenvalue weighted by molar-refractivity contribution is 0.105. The number of hydrogen-bond acceptors (Lipinski definition) is 4. The molecule has 0 aliphatic heterocycles. The summed E-state index contributed by atoms with van der Waals surface area (Å²) in [4.78, 5) is 14.0. The number of rotatable bonds is 4. The fourth-order valence-electron chi connectivity index (χ4n) is 5.12. The van der Waals surface area contributed by atoms with Gasteiger partial charge in [0.25, 0.3) is 6.26 Å². The van der Waals surface area contributed by atoms with Crippen LogP contribution in [0, 0.1) is 47.0 Å². The number of aliphatic imine (C=N–C) groups is 1. The Morgan fingerprint density at radius 3 is 2.89 bits per heavy atom. The summed E-state index contributed by atoms with van der Waals surface area (Å²) in [5.74, 6) is 4.28. The Balaban J connectivity index is 1.66. The third-order valence-corrected chi connectivity index (χ3v) is 5.54. The molecule has 0 amide bonds. The van der Waals surface area contributed by atoms with Crippen LogP contribution in [0.2, 0.25) is 0 Å². The van der Waals surface area contributed by atoms with Crippen LogP contribution in [-0.4, -0.2) is 19.2 Å². The van der Waals surface area contributed by atoms with Crippen molar-refractivity contribution in [1.82, 2.24) is 0 Å². The van der Waals surface area contributed by atoms with Gasteiger partial charge in [-0.25, -0.2) is 9.79 Å². The molecular weight excluding hydrogens is 228 g/mol. The summed E-state index contributed by atoms with van der Waals surface area (Å²) in [6, 6.07) is 0. The van der Waals surface area contributed by atoms with Crippen molar-refractivity contribution in [3.05, 3.63) is 0 Å². The molecule has 96 valence electrons. The Kier molecular flexibility index (Phi) is 3.09. The molecular formula is C14H18N2O2. The molecule has 2 bridgehead atoms. The molecule has 0 aromatic rings. The molecule has 3 aliphatic rings. The van der Waals surface area contributed by atoms with Crippen LogP contribution >= 0.6 is 0 Å². The van der Waals surface area contributed by atoms with E-state index in [1.54, 1.807) is 12.3 Å². The average Bonchev–Trinajstić information content (AvgIpc) is 3.05. The van der Waals surface area contributed by atoms with E-state index in [-0.39, 0.29) is 0 Å². The van der Waals surface area contributed by atoms with Crippen LogP contribution in [0.5, 0.6) is 0 Å². The fourth-order valence-corrected chi connectivity index (χ4v) is 5.12. The number of isocyanates is 1. The van der Waals surface area contributed by atoms with Gasteiger partial charge in [0.2, 0.25) is 6.08 Å². The summed E-state index contributed by atoms with van der Waals surface area (Å²) in [6.07, 6.45) is 8.45. The molecule has 0 aromatic carbocycles. The van der Waals surface area contributed by atoms with E-state index >= 15 is 0 Å². The van der Waals surface area contributed by atoms with Crippen molar-refractivity contribution in [2.24, 2.45) is 40.5 Å². The first-order valence-corrected chi connectivity index (χ1v) is 6.89. The number of carbonyl (C=O) groups excluding carboxylic acids is 1. The number of ether oxygens (including phenoxy) is 1. The summed E-state index contributed by atoms with van der Waals surface area (Å²) in [7, 11) is 0. The Labute approximate surface area is 107 Å². The van der Waals surface area contributed by atoms with E-state index in [4.69, 9.17) is 10.00 Å². The molecule has 0 spiro atoms. The number of nitrogens with zero attached hydrogens (tertiary/aromatic N) is 2. The first-order chi connectivity index (χ1) is 8.85. The molecule has 3 saturated carbocycles. The highest BCUT2D eigenvalue weighted by atomic mass is 16.5. The molecule has 3 fully saturated rings. The zero-order chi connectivity index (χ0) is 12.5. The topological polar surface area (TPSA) is 62.4 Å². The van der Waals surface area contributed by atoms with Crippen LogP contribution in [0.1, 0.15) is 25.7 Å². The Morgan fingerprint density at radius 1 is 1.22 bits per heavy atom. The molecule has 0 heterocycles. The molecule has 0 aromatic heterocycles. The Morgan fingerprint density at radius 2 is 2.11 bits per heavy atom. The predicted molar refractivity (Wildman–Crippen MR) is 64.0 cm³/mol. The van der Waals surface area contributed by atoms with E-state index in [0.29, 0.717) is 25.0 Å².